The van der Waals surface area contributed by atoms with Gasteiger partial charge in [0.2, 0.25) is 0 Å². The number of aryl methyl sites for hydroxylation is 1. The number of amides is 1. The number of carbonyl (C=O) groups is 1. The van der Waals surface area contributed by atoms with Gasteiger partial charge in [-0.05, 0) is 31.9 Å². The lowest BCUT2D eigenvalue weighted by atomic mass is 9.94. The van der Waals surface area contributed by atoms with Gasteiger partial charge in [-0.15, -0.1) is 0 Å². The van der Waals surface area contributed by atoms with Gasteiger partial charge in [-0.2, -0.15) is 0 Å². The van der Waals surface area contributed by atoms with E-state index in [9.17, 15) is 9.90 Å². The van der Waals surface area contributed by atoms with Crippen LogP contribution in [0.15, 0.2) is 24.3 Å². The Morgan fingerprint density at radius 2 is 1.76 bits per heavy atom. The minimum atomic E-state index is -0.833. The zero-order valence-electron chi connectivity index (χ0n) is 10.2. The quantitative estimate of drug-likeness (QED) is 0.843. The van der Waals surface area contributed by atoms with Crippen LogP contribution in [0.4, 0.5) is 10.5 Å². The molecule has 17 heavy (non-hydrogen) atoms. The van der Waals surface area contributed by atoms with E-state index in [2.05, 4.69) is 0 Å². The molecule has 3 nitrogen and oxygen atoms in total. The predicted molar refractivity (Wildman–Crippen MR) is 68.6 cm³/mol. The fourth-order valence-electron chi connectivity index (χ4n) is 2.52. The molecule has 1 aliphatic rings. The van der Waals surface area contributed by atoms with Gasteiger partial charge in [0.15, 0.2) is 0 Å². The summed E-state index contributed by atoms with van der Waals surface area (Å²) in [6, 6.07) is 7.89. The highest BCUT2D eigenvalue weighted by atomic mass is 16.4. The predicted octanol–water partition coefficient (Wildman–Crippen LogP) is 3.81. The maximum absolute atomic E-state index is 11.4. The smallest absolute Gasteiger partial charge is 0.412 e. The van der Waals surface area contributed by atoms with Gasteiger partial charge in [0, 0.05) is 11.7 Å². The largest absolute Gasteiger partial charge is 0.465 e. The molecule has 3 heteroatoms. The fourth-order valence-corrected chi connectivity index (χ4v) is 2.52. The Bertz CT molecular complexity index is 380. The molecule has 0 spiro atoms. The van der Waals surface area contributed by atoms with Crippen LogP contribution in [0.3, 0.4) is 0 Å². The number of nitrogens with zero attached hydrogens (tertiary/aromatic N) is 1. The third-order valence-electron chi connectivity index (χ3n) is 3.46. The van der Waals surface area contributed by atoms with Crippen molar-refractivity contribution in [1.29, 1.82) is 0 Å². The van der Waals surface area contributed by atoms with Crippen LogP contribution in [0.2, 0.25) is 0 Å². The van der Waals surface area contributed by atoms with Gasteiger partial charge in [0.1, 0.15) is 0 Å². The van der Waals surface area contributed by atoms with Crippen molar-refractivity contribution in [1.82, 2.24) is 0 Å². The first-order chi connectivity index (χ1) is 8.18. The molecule has 0 aromatic heterocycles. The zero-order chi connectivity index (χ0) is 12.3. The van der Waals surface area contributed by atoms with Gasteiger partial charge in [-0.25, -0.2) is 4.79 Å². The number of carboxylic acid groups (broad SMARTS) is 1. The van der Waals surface area contributed by atoms with E-state index in [1.807, 2.05) is 31.2 Å². The van der Waals surface area contributed by atoms with E-state index in [-0.39, 0.29) is 6.04 Å². The lowest BCUT2D eigenvalue weighted by Gasteiger charge is -2.32. The van der Waals surface area contributed by atoms with Crippen LogP contribution in [0.1, 0.15) is 37.7 Å². The van der Waals surface area contributed by atoms with E-state index < -0.39 is 6.09 Å². The standard InChI is InChI=1S/C14H19NO2/c1-11-7-9-13(10-8-11)15(14(16)17)12-5-3-2-4-6-12/h7-10,12H,2-6H2,1H3,(H,16,17). The van der Waals surface area contributed by atoms with E-state index in [0.29, 0.717) is 0 Å². The van der Waals surface area contributed by atoms with Crippen LogP contribution in [-0.4, -0.2) is 17.2 Å². The number of benzene rings is 1. The van der Waals surface area contributed by atoms with Crippen LogP contribution in [0.25, 0.3) is 0 Å². The molecule has 1 aromatic carbocycles. The molecule has 0 saturated heterocycles. The summed E-state index contributed by atoms with van der Waals surface area (Å²) in [5.74, 6) is 0. The number of anilines is 1. The number of hydrogen-bond donors (Lipinski definition) is 1. The molecule has 0 aliphatic heterocycles. The Hall–Kier alpha value is -1.51. The first-order valence-electron chi connectivity index (χ1n) is 6.27. The maximum atomic E-state index is 11.4. The van der Waals surface area contributed by atoms with Gasteiger partial charge < -0.3 is 5.11 Å². The third-order valence-corrected chi connectivity index (χ3v) is 3.46. The van der Waals surface area contributed by atoms with Crippen molar-refractivity contribution in [3.05, 3.63) is 29.8 Å². The van der Waals surface area contributed by atoms with E-state index in [0.717, 1.165) is 36.9 Å². The molecule has 0 unspecified atom stereocenters. The molecule has 1 saturated carbocycles. The Morgan fingerprint density at radius 3 is 2.29 bits per heavy atom. The Kier molecular flexibility index (Phi) is 3.67. The average molecular weight is 233 g/mol. The second-order valence-corrected chi connectivity index (χ2v) is 4.78. The summed E-state index contributed by atoms with van der Waals surface area (Å²) < 4.78 is 0. The SMILES string of the molecule is Cc1ccc(N(C(=O)O)C2CCCCC2)cc1. The van der Waals surface area contributed by atoms with E-state index in [4.69, 9.17) is 0 Å². The monoisotopic (exact) mass is 233 g/mol. The second kappa shape index (κ2) is 5.21. The van der Waals surface area contributed by atoms with Crippen molar-refractivity contribution in [3.63, 3.8) is 0 Å². The molecule has 0 atom stereocenters. The van der Waals surface area contributed by atoms with Crippen molar-refractivity contribution in [2.45, 2.75) is 45.1 Å². The molecular weight excluding hydrogens is 214 g/mol. The van der Waals surface area contributed by atoms with Crippen molar-refractivity contribution in [2.24, 2.45) is 0 Å². The first-order valence-corrected chi connectivity index (χ1v) is 6.27. The molecule has 1 aromatic rings. The molecule has 1 aliphatic carbocycles. The highest BCUT2D eigenvalue weighted by Gasteiger charge is 2.26. The topological polar surface area (TPSA) is 40.5 Å². The van der Waals surface area contributed by atoms with Crippen LogP contribution in [0, 0.1) is 6.92 Å². The minimum Gasteiger partial charge on any atom is -0.465 e. The van der Waals surface area contributed by atoms with Gasteiger partial charge >= 0.3 is 6.09 Å². The lowest BCUT2D eigenvalue weighted by Crippen LogP contribution is -2.40. The molecular formula is C14H19NO2. The van der Waals surface area contributed by atoms with Crippen LogP contribution >= 0.6 is 0 Å². The third kappa shape index (κ3) is 2.78. The first kappa shape index (κ1) is 12.0. The highest BCUT2D eigenvalue weighted by molar-refractivity contribution is 5.86. The molecule has 0 radical (unpaired) electrons. The van der Waals surface area contributed by atoms with Crippen LogP contribution < -0.4 is 4.90 Å². The van der Waals surface area contributed by atoms with E-state index in [1.165, 1.54) is 6.42 Å². The highest BCUT2D eigenvalue weighted by Crippen LogP contribution is 2.27. The summed E-state index contributed by atoms with van der Waals surface area (Å²) in [6.45, 7) is 2.01. The van der Waals surface area contributed by atoms with Gasteiger partial charge in [-0.3, -0.25) is 4.90 Å². The summed E-state index contributed by atoms with van der Waals surface area (Å²) in [4.78, 5) is 13.0. The van der Waals surface area contributed by atoms with Gasteiger partial charge in [0.05, 0.1) is 0 Å². The summed E-state index contributed by atoms with van der Waals surface area (Å²) >= 11 is 0. The summed E-state index contributed by atoms with van der Waals surface area (Å²) in [5, 5.41) is 9.37. The average Bonchev–Trinajstić information content (AvgIpc) is 2.33. The molecule has 1 fully saturated rings. The van der Waals surface area contributed by atoms with E-state index >= 15 is 0 Å². The van der Waals surface area contributed by atoms with Crippen molar-refractivity contribution in [3.8, 4) is 0 Å². The van der Waals surface area contributed by atoms with Crippen LogP contribution in [-0.2, 0) is 0 Å². The zero-order valence-corrected chi connectivity index (χ0v) is 10.2. The lowest BCUT2D eigenvalue weighted by molar-refractivity contribution is 0.196. The second-order valence-electron chi connectivity index (χ2n) is 4.78. The Labute approximate surface area is 102 Å². The fraction of sp³-hybridized carbons (Fsp3) is 0.500. The van der Waals surface area contributed by atoms with Crippen molar-refractivity contribution >= 4 is 11.8 Å². The van der Waals surface area contributed by atoms with Gasteiger partial charge in [0.25, 0.3) is 0 Å². The number of hydrogen-bond acceptors (Lipinski definition) is 1. The summed E-state index contributed by atoms with van der Waals surface area (Å²) in [5.41, 5.74) is 1.96. The molecule has 0 heterocycles. The molecule has 1 amide bonds. The minimum absolute atomic E-state index is 0.156. The van der Waals surface area contributed by atoms with Crippen LogP contribution in [0.5, 0.6) is 0 Å². The molecule has 92 valence electrons. The summed E-state index contributed by atoms with van der Waals surface area (Å²) in [7, 11) is 0. The van der Waals surface area contributed by atoms with E-state index in [1.54, 1.807) is 4.90 Å². The van der Waals surface area contributed by atoms with Crippen molar-refractivity contribution in [2.75, 3.05) is 4.90 Å². The maximum Gasteiger partial charge on any atom is 0.412 e. The molecule has 0 bridgehead atoms. The molecule has 2 rings (SSSR count). The van der Waals surface area contributed by atoms with Crippen molar-refractivity contribution < 1.29 is 9.90 Å². The summed E-state index contributed by atoms with van der Waals surface area (Å²) in [6.07, 6.45) is 4.65. The normalized spacial score (nSPS) is 16.8. The Morgan fingerprint density at radius 1 is 1.18 bits per heavy atom. The Balaban J connectivity index is 2.21. The van der Waals surface area contributed by atoms with Gasteiger partial charge in [-0.1, -0.05) is 37.0 Å². The molecule has 1 N–H and O–H groups in total. The number of rotatable bonds is 2.